The molecular formula is C26H21N3O6. The van der Waals surface area contributed by atoms with Crippen LogP contribution in [0.15, 0.2) is 79.0 Å². The number of para-hydroxylation sites is 1. The van der Waals surface area contributed by atoms with Gasteiger partial charge in [0.25, 0.3) is 5.91 Å². The van der Waals surface area contributed by atoms with Gasteiger partial charge in [-0.25, -0.2) is 9.48 Å². The Balaban J connectivity index is 1.34. The van der Waals surface area contributed by atoms with Crippen molar-refractivity contribution in [1.29, 1.82) is 0 Å². The third kappa shape index (κ3) is 4.79. The van der Waals surface area contributed by atoms with Gasteiger partial charge in [0, 0.05) is 23.5 Å². The van der Waals surface area contributed by atoms with E-state index in [0.29, 0.717) is 34.2 Å². The second kappa shape index (κ2) is 9.60. The average Bonchev–Trinajstić information content (AvgIpc) is 3.55. The molecule has 4 aromatic rings. The lowest BCUT2D eigenvalue weighted by Crippen LogP contribution is -2.21. The molecule has 1 N–H and O–H groups in total. The number of amides is 1. The number of hydrogen-bond donors (Lipinski definition) is 1. The van der Waals surface area contributed by atoms with E-state index in [0.717, 1.165) is 5.69 Å². The average molecular weight is 471 g/mol. The number of benzene rings is 3. The quantitative estimate of drug-likeness (QED) is 0.406. The monoisotopic (exact) mass is 471 g/mol. The summed E-state index contributed by atoms with van der Waals surface area (Å²) in [4.78, 5) is 25.4. The highest BCUT2D eigenvalue weighted by atomic mass is 16.7. The Morgan fingerprint density at radius 1 is 1.00 bits per heavy atom. The second-order valence-corrected chi connectivity index (χ2v) is 7.59. The number of fused-ring (bicyclic) bond motifs is 1. The zero-order valence-electron chi connectivity index (χ0n) is 18.8. The Morgan fingerprint density at radius 2 is 1.77 bits per heavy atom. The summed E-state index contributed by atoms with van der Waals surface area (Å²) in [6.07, 6.45) is 1.59. The summed E-state index contributed by atoms with van der Waals surface area (Å²) in [6.45, 7) is -0.330. The minimum atomic E-state index is -0.668. The van der Waals surface area contributed by atoms with Gasteiger partial charge in [0.15, 0.2) is 18.1 Å². The SMILES string of the molecule is COc1ccc(-c2nn(-c3ccccc3)cc2C(=O)OCC(=O)Nc2ccc3c(c2)OCO3)cc1. The topological polar surface area (TPSA) is 101 Å². The number of esters is 1. The van der Waals surface area contributed by atoms with Crippen LogP contribution >= 0.6 is 0 Å². The van der Waals surface area contributed by atoms with Gasteiger partial charge in [0.1, 0.15) is 17.0 Å². The van der Waals surface area contributed by atoms with Gasteiger partial charge in [-0.05, 0) is 48.5 Å². The zero-order chi connectivity index (χ0) is 24.2. The van der Waals surface area contributed by atoms with Crippen molar-refractivity contribution in [3.8, 4) is 34.2 Å². The maximum Gasteiger partial charge on any atom is 0.342 e. The van der Waals surface area contributed by atoms with Crippen LogP contribution in [0.3, 0.4) is 0 Å². The van der Waals surface area contributed by atoms with Gasteiger partial charge < -0.3 is 24.3 Å². The van der Waals surface area contributed by atoms with Crippen LogP contribution in [-0.4, -0.2) is 42.2 Å². The van der Waals surface area contributed by atoms with Crippen LogP contribution in [0.2, 0.25) is 0 Å². The van der Waals surface area contributed by atoms with Crippen molar-refractivity contribution in [2.24, 2.45) is 0 Å². The molecule has 0 atom stereocenters. The fraction of sp³-hybridized carbons (Fsp3) is 0.115. The summed E-state index contributed by atoms with van der Waals surface area (Å²) < 4.78 is 22.7. The molecule has 9 nitrogen and oxygen atoms in total. The molecule has 0 radical (unpaired) electrons. The third-order valence-corrected chi connectivity index (χ3v) is 5.31. The number of methoxy groups -OCH3 is 1. The highest BCUT2D eigenvalue weighted by Crippen LogP contribution is 2.34. The molecule has 1 aliphatic rings. The van der Waals surface area contributed by atoms with Crippen molar-refractivity contribution in [3.05, 3.63) is 84.6 Å². The van der Waals surface area contributed by atoms with E-state index >= 15 is 0 Å². The van der Waals surface area contributed by atoms with Crippen LogP contribution in [0.5, 0.6) is 17.2 Å². The zero-order valence-corrected chi connectivity index (χ0v) is 18.8. The molecule has 176 valence electrons. The number of nitrogens with one attached hydrogen (secondary N) is 1. The normalized spacial score (nSPS) is 11.7. The van der Waals surface area contributed by atoms with Crippen LogP contribution in [0.4, 0.5) is 5.69 Å². The molecule has 0 fully saturated rings. The van der Waals surface area contributed by atoms with Crippen molar-refractivity contribution in [1.82, 2.24) is 9.78 Å². The fourth-order valence-corrected chi connectivity index (χ4v) is 3.58. The number of hydrogen-bond acceptors (Lipinski definition) is 7. The van der Waals surface area contributed by atoms with Crippen molar-refractivity contribution < 1.29 is 28.5 Å². The molecule has 0 spiro atoms. The molecule has 9 heteroatoms. The van der Waals surface area contributed by atoms with Gasteiger partial charge >= 0.3 is 5.97 Å². The van der Waals surface area contributed by atoms with Gasteiger partial charge in [-0.2, -0.15) is 5.10 Å². The van der Waals surface area contributed by atoms with Crippen LogP contribution < -0.4 is 19.5 Å². The van der Waals surface area contributed by atoms with E-state index in [2.05, 4.69) is 10.4 Å². The largest absolute Gasteiger partial charge is 0.497 e. The molecular weight excluding hydrogens is 450 g/mol. The molecule has 0 saturated heterocycles. The van der Waals surface area contributed by atoms with Crippen molar-refractivity contribution in [2.75, 3.05) is 25.8 Å². The van der Waals surface area contributed by atoms with Crippen molar-refractivity contribution in [3.63, 3.8) is 0 Å². The Labute approximate surface area is 200 Å². The minimum absolute atomic E-state index is 0.136. The van der Waals surface area contributed by atoms with Gasteiger partial charge in [-0.15, -0.1) is 0 Å². The molecule has 1 aliphatic heterocycles. The number of aromatic nitrogens is 2. The second-order valence-electron chi connectivity index (χ2n) is 7.59. The van der Waals surface area contributed by atoms with Crippen LogP contribution in [0.25, 0.3) is 16.9 Å². The van der Waals surface area contributed by atoms with Crippen LogP contribution in [0, 0.1) is 0 Å². The Hall–Kier alpha value is -4.79. The number of carbonyl (C=O) groups excluding carboxylic acids is 2. The van der Waals surface area contributed by atoms with Crippen molar-refractivity contribution in [2.45, 2.75) is 0 Å². The Morgan fingerprint density at radius 3 is 2.54 bits per heavy atom. The molecule has 3 aromatic carbocycles. The van der Waals surface area contributed by atoms with E-state index in [4.69, 9.17) is 18.9 Å². The molecule has 0 bridgehead atoms. The minimum Gasteiger partial charge on any atom is -0.497 e. The number of ether oxygens (including phenoxy) is 4. The molecule has 5 rings (SSSR count). The molecule has 1 amide bonds. The van der Waals surface area contributed by atoms with Gasteiger partial charge in [0.2, 0.25) is 6.79 Å². The van der Waals surface area contributed by atoms with Crippen LogP contribution in [-0.2, 0) is 9.53 Å². The predicted octanol–water partition coefficient (Wildman–Crippen LogP) is 4.07. The highest BCUT2D eigenvalue weighted by Gasteiger charge is 2.21. The molecule has 35 heavy (non-hydrogen) atoms. The summed E-state index contributed by atoms with van der Waals surface area (Å²) in [5, 5.41) is 7.29. The van der Waals surface area contributed by atoms with E-state index in [1.807, 2.05) is 30.3 Å². The first kappa shape index (κ1) is 22.0. The van der Waals surface area contributed by atoms with E-state index < -0.39 is 18.5 Å². The summed E-state index contributed by atoms with van der Waals surface area (Å²) in [7, 11) is 1.58. The lowest BCUT2D eigenvalue weighted by atomic mass is 10.1. The first-order chi connectivity index (χ1) is 17.1. The lowest BCUT2D eigenvalue weighted by molar-refractivity contribution is -0.119. The molecule has 0 aliphatic carbocycles. The smallest absolute Gasteiger partial charge is 0.342 e. The van der Waals surface area contributed by atoms with Crippen molar-refractivity contribution >= 4 is 17.6 Å². The maximum atomic E-state index is 13.0. The molecule has 1 aromatic heterocycles. The summed E-state index contributed by atoms with van der Waals surface area (Å²) in [5.41, 5.74) is 2.65. The number of nitrogens with zero attached hydrogens (tertiary/aromatic N) is 2. The van der Waals surface area contributed by atoms with E-state index in [9.17, 15) is 9.59 Å². The standard InChI is InChI=1S/C26H21N3O6/c1-32-20-10-7-17(8-11-20)25-21(14-29(28-25)19-5-3-2-4-6-19)26(31)33-15-24(30)27-18-9-12-22-23(13-18)35-16-34-22/h2-14H,15-16H2,1H3,(H,27,30). The maximum absolute atomic E-state index is 13.0. The lowest BCUT2D eigenvalue weighted by Gasteiger charge is -2.08. The van der Waals surface area contributed by atoms with E-state index in [-0.39, 0.29) is 12.4 Å². The first-order valence-electron chi connectivity index (χ1n) is 10.8. The van der Waals surface area contributed by atoms with Crippen LogP contribution in [0.1, 0.15) is 10.4 Å². The number of carbonyl (C=O) groups is 2. The van der Waals surface area contributed by atoms with E-state index in [1.165, 1.54) is 0 Å². The third-order valence-electron chi connectivity index (χ3n) is 5.31. The number of anilines is 1. The van der Waals surface area contributed by atoms with Gasteiger partial charge in [0.05, 0.1) is 12.8 Å². The molecule has 2 heterocycles. The molecule has 0 unspecified atom stereocenters. The predicted molar refractivity (Wildman–Crippen MR) is 127 cm³/mol. The molecule has 0 saturated carbocycles. The van der Waals surface area contributed by atoms with Gasteiger partial charge in [-0.3, -0.25) is 4.79 Å². The summed E-state index contributed by atoms with van der Waals surface area (Å²) in [5.74, 6) is 0.672. The van der Waals surface area contributed by atoms with E-state index in [1.54, 1.807) is 60.5 Å². The Bertz CT molecular complexity index is 1370. The Kier molecular flexibility index (Phi) is 6.04. The summed E-state index contributed by atoms with van der Waals surface area (Å²) >= 11 is 0. The highest BCUT2D eigenvalue weighted by molar-refractivity contribution is 5.99. The number of rotatable bonds is 7. The first-order valence-corrected chi connectivity index (χ1v) is 10.8. The van der Waals surface area contributed by atoms with Gasteiger partial charge in [-0.1, -0.05) is 18.2 Å². The summed E-state index contributed by atoms with van der Waals surface area (Å²) in [6, 6.07) is 21.6. The fourth-order valence-electron chi connectivity index (χ4n) is 3.58.